The van der Waals surface area contributed by atoms with Crippen LogP contribution in [0.25, 0.3) is 11.1 Å². The number of carbonyl (C=O) groups excluding carboxylic acids is 1. The van der Waals surface area contributed by atoms with Gasteiger partial charge in [0.15, 0.2) is 0 Å². The van der Waals surface area contributed by atoms with Crippen LogP contribution in [0.4, 0.5) is 5.69 Å². The van der Waals surface area contributed by atoms with Crippen LogP contribution in [-0.4, -0.2) is 28.5 Å². The maximum absolute atomic E-state index is 12.8. The number of aromatic nitrogens is 2. The molecule has 1 aromatic heterocycles. The fraction of sp³-hybridized carbons (Fsp3) is 0.160. The van der Waals surface area contributed by atoms with E-state index in [0.717, 1.165) is 28.1 Å². The molecular formula is C25H23N3O3S. The van der Waals surface area contributed by atoms with Crippen LogP contribution in [0.2, 0.25) is 0 Å². The third kappa shape index (κ3) is 5.36. The third-order valence-electron chi connectivity index (χ3n) is 4.88. The Morgan fingerprint density at radius 2 is 1.72 bits per heavy atom. The predicted molar refractivity (Wildman–Crippen MR) is 126 cm³/mol. The highest BCUT2D eigenvalue weighted by atomic mass is 32.2. The van der Waals surface area contributed by atoms with Crippen LogP contribution in [-0.2, 0) is 11.2 Å². The van der Waals surface area contributed by atoms with Crippen LogP contribution >= 0.6 is 11.8 Å². The average Bonchev–Trinajstić information content (AvgIpc) is 3.27. The van der Waals surface area contributed by atoms with E-state index in [0.29, 0.717) is 17.5 Å². The summed E-state index contributed by atoms with van der Waals surface area (Å²) in [4.78, 5) is 12.8. The van der Waals surface area contributed by atoms with Crippen molar-refractivity contribution in [3.05, 3.63) is 90.3 Å². The Kier molecular flexibility index (Phi) is 6.87. The van der Waals surface area contributed by atoms with Crippen molar-refractivity contribution in [2.45, 2.75) is 23.8 Å². The van der Waals surface area contributed by atoms with E-state index >= 15 is 0 Å². The monoisotopic (exact) mass is 445 g/mol. The van der Waals surface area contributed by atoms with Crippen LogP contribution in [0.5, 0.6) is 5.75 Å². The molecule has 1 amide bonds. The van der Waals surface area contributed by atoms with Crippen LogP contribution in [0.15, 0.2) is 88.5 Å². The summed E-state index contributed by atoms with van der Waals surface area (Å²) in [6.45, 7) is 1.82. The molecule has 4 aromatic rings. The predicted octanol–water partition coefficient (Wildman–Crippen LogP) is 5.46. The normalized spacial score (nSPS) is 11.7. The summed E-state index contributed by atoms with van der Waals surface area (Å²) in [5, 5.41) is 11.2. The second kappa shape index (κ2) is 10.2. The Hall–Kier alpha value is -3.58. The summed E-state index contributed by atoms with van der Waals surface area (Å²) >= 11 is 1.24. The molecule has 1 heterocycles. The van der Waals surface area contributed by atoms with E-state index in [4.69, 9.17) is 9.15 Å². The lowest BCUT2D eigenvalue weighted by atomic mass is 10.0. The maximum Gasteiger partial charge on any atom is 0.277 e. The van der Waals surface area contributed by atoms with Crippen LogP contribution in [0.3, 0.4) is 0 Å². The Balaban J connectivity index is 1.39. The molecule has 0 spiro atoms. The second-order valence-corrected chi connectivity index (χ2v) is 8.44. The zero-order chi connectivity index (χ0) is 22.3. The molecule has 7 heteroatoms. The fourth-order valence-electron chi connectivity index (χ4n) is 3.18. The Labute approximate surface area is 191 Å². The first-order valence-electron chi connectivity index (χ1n) is 10.2. The Morgan fingerprint density at radius 1 is 1.00 bits per heavy atom. The van der Waals surface area contributed by atoms with Crippen LogP contribution in [0, 0.1) is 0 Å². The van der Waals surface area contributed by atoms with E-state index < -0.39 is 5.25 Å². The van der Waals surface area contributed by atoms with Crippen molar-refractivity contribution in [1.29, 1.82) is 0 Å². The summed E-state index contributed by atoms with van der Waals surface area (Å²) in [7, 11) is 1.63. The van der Waals surface area contributed by atoms with E-state index in [9.17, 15) is 4.79 Å². The summed E-state index contributed by atoms with van der Waals surface area (Å²) < 4.78 is 10.9. The average molecular weight is 446 g/mol. The maximum atomic E-state index is 12.8. The number of methoxy groups -OCH3 is 1. The van der Waals surface area contributed by atoms with E-state index in [1.165, 1.54) is 11.8 Å². The van der Waals surface area contributed by atoms with Crippen molar-refractivity contribution in [3.63, 3.8) is 0 Å². The highest BCUT2D eigenvalue weighted by molar-refractivity contribution is 8.00. The number of thioether (sulfide) groups is 1. The van der Waals surface area contributed by atoms with Crippen molar-refractivity contribution in [1.82, 2.24) is 10.2 Å². The number of nitrogens with zero attached hydrogens (tertiary/aromatic N) is 2. The van der Waals surface area contributed by atoms with E-state index in [1.807, 2.05) is 85.8 Å². The smallest absolute Gasteiger partial charge is 0.277 e. The van der Waals surface area contributed by atoms with Gasteiger partial charge in [-0.25, -0.2) is 0 Å². The topological polar surface area (TPSA) is 77.2 Å². The summed E-state index contributed by atoms with van der Waals surface area (Å²) in [5.74, 6) is 1.16. The minimum absolute atomic E-state index is 0.131. The van der Waals surface area contributed by atoms with Crippen LogP contribution < -0.4 is 10.1 Å². The van der Waals surface area contributed by atoms with Crippen molar-refractivity contribution in [2.24, 2.45) is 0 Å². The number of anilines is 1. The second-order valence-electron chi connectivity index (χ2n) is 7.15. The number of hydrogen-bond acceptors (Lipinski definition) is 6. The number of hydrogen-bond donors (Lipinski definition) is 1. The van der Waals surface area contributed by atoms with E-state index in [1.54, 1.807) is 7.11 Å². The molecule has 0 fully saturated rings. The van der Waals surface area contributed by atoms with Gasteiger partial charge >= 0.3 is 0 Å². The Bertz CT molecular complexity index is 1180. The van der Waals surface area contributed by atoms with E-state index in [-0.39, 0.29) is 5.91 Å². The Morgan fingerprint density at radius 3 is 2.47 bits per heavy atom. The van der Waals surface area contributed by atoms with Gasteiger partial charge in [0.25, 0.3) is 5.22 Å². The highest BCUT2D eigenvalue weighted by Crippen LogP contribution is 2.29. The van der Waals surface area contributed by atoms with Crippen molar-refractivity contribution >= 4 is 23.4 Å². The van der Waals surface area contributed by atoms with E-state index in [2.05, 4.69) is 15.5 Å². The third-order valence-corrected chi connectivity index (χ3v) is 5.81. The number of amides is 1. The minimum atomic E-state index is -0.409. The molecule has 0 saturated carbocycles. The van der Waals surface area contributed by atoms with Gasteiger partial charge in [-0.1, -0.05) is 72.4 Å². The number of para-hydroxylation sites is 1. The van der Waals surface area contributed by atoms with Gasteiger partial charge < -0.3 is 14.5 Å². The summed E-state index contributed by atoms with van der Waals surface area (Å²) in [5.41, 5.74) is 3.82. The highest BCUT2D eigenvalue weighted by Gasteiger charge is 2.19. The minimum Gasteiger partial charge on any atom is -0.497 e. The standard InChI is InChI=1S/C25H23N3O3S/c1-17(24(29)26-22-11-7-6-10-21(22)19-8-4-3-5-9-19)32-25-28-27-23(31-25)16-18-12-14-20(30-2)15-13-18/h3-15,17H,16H2,1-2H3,(H,26,29). The van der Waals surface area contributed by atoms with Crippen LogP contribution in [0.1, 0.15) is 18.4 Å². The van der Waals surface area contributed by atoms with Gasteiger partial charge in [0.05, 0.1) is 18.8 Å². The van der Waals surface area contributed by atoms with Crippen molar-refractivity contribution < 1.29 is 13.9 Å². The molecular weight excluding hydrogens is 422 g/mol. The molecule has 1 N–H and O–H groups in total. The number of rotatable bonds is 8. The van der Waals surface area contributed by atoms with Crippen molar-refractivity contribution in [2.75, 3.05) is 12.4 Å². The van der Waals surface area contributed by atoms with Gasteiger partial charge in [0, 0.05) is 11.3 Å². The number of nitrogens with one attached hydrogen (secondary N) is 1. The molecule has 6 nitrogen and oxygen atoms in total. The molecule has 0 bridgehead atoms. The SMILES string of the molecule is COc1ccc(Cc2nnc(SC(C)C(=O)Nc3ccccc3-c3ccccc3)o2)cc1. The summed E-state index contributed by atoms with van der Waals surface area (Å²) in [6, 6.07) is 25.4. The molecule has 0 radical (unpaired) electrons. The first-order valence-corrected chi connectivity index (χ1v) is 11.1. The van der Waals surface area contributed by atoms with Gasteiger partial charge in [0.2, 0.25) is 11.8 Å². The molecule has 0 saturated heterocycles. The molecule has 32 heavy (non-hydrogen) atoms. The molecule has 0 aliphatic carbocycles. The lowest BCUT2D eigenvalue weighted by molar-refractivity contribution is -0.115. The number of benzene rings is 3. The quantitative estimate of drug-likeness (QED) is 0.363. The molecule has 162 valence electrons. The zero-order valence-corrected chi connectivity index (χ0v) is 18.6. The number of carbonyl (C=O) groups is 1. The first-order chi connectivity index (χ1) is 15.6. The molecule has 0 aliphatic heterocycles. The van der Waals surface area contributed by atoms with Gasteiger partial charge in [-0.15, -0.1) is 10.2 Å². The number of ether oxygens (including phenoxy) is 1. The summed E-state index contributed by atoms with van der Waals surface area (Å²) in [6.07, 6.45) is 0.516. The lowest BCUT2D eigenvalue weighted by Crippen LogP contribution is -2.22. The largest absolute Gasteiger partial charge is 0.497 e. The van der Waals surface area contributed by atoms with Gasteiger partial charge in [0.1, 0.15) is 5.75 Å². The molecule has 1 atom stereocenters. The molecule has 0 aliphatic rings. The van der Waals surface area contributed by atoms with Gasteiger partial charge in [-0.2, -0.15) is 0 Å². The molecule has 4 rings (SSSR count). The van der Waals surface area contributed by atoms with Crippen molar-refractivity contribution in [3.8, 4) is 16.9 Å². The molecule has 1 unspecified atom stereocenters. The fourth-order valence-corrected chi connectivity index (χ4v) is 3.88. The lowest BCUT2D eigenvalue weighted by Gasteiger charge is -2.14. The zero-order valence-electron chi connectivity index (χ0n) is 17.8. The molecule has 3 aromatic carbocycles. The van der Waals surface area contributed by atoms with Gasteiger partial charge in [-0.3, -0.25) is 4.79 Å². The first kappa shape index (κ1) is 21.6. The van der Waals surface area contributed by atoms with Gasteiger partial charge in [-0.05, 0) is 36.2 Å².